The highest BCUT2D eigenvalue weighted by Gasteiger charge is 2.16. The molecule has 9 rings (SSSR count). The lowest BCUT2D eigenvalue weighted by atomic mass is 9.92. The molecule has 0 unspecified atom stereocenters. The van der Waals surface area contributed by atoms with Gasteiger partial charge in [0.05, 0.1) is 11.2 Å². The van der Waals surface area contributed by atoms with E-state index in [0.29, 0.717) is 17.5 Å². The van der Waals surface area contributed by atoms with Gasteiger partial charge in [0.1, 0.15) is 0 Å². The fourth-order valence-corrected chi connectivity index (χ4v) is 6.57. The van der Waals surface area contributed by atoms with Crippen LogP contribution in [0.5, 0.6) is 0 Å². The summed E-state index contributed by atoms with van der Waals surface area (Å²) in [6.07, 6.45) is 3.69. The summed E-state index contributed by atoms with van der Waals surface area (Å²) >= 11 is 0. The van der Waals surface area contributed by atoms with E-state index >= 15 is 0 Å². The quantitative estimate of drug-likeness (QED) is 0.169. The molecule has 0 fully saturated rings. The average Bonchev–Trinajstić information content (AvgIpc) is 3.21. The molecule has 5 nitrogen and oxygen atoms in total. The number of pyridine rings is 2. The summed E-state index contributed by atoms with van der Waals surface area (Å²) in [7, 11) is 0. The minimum absolute atomic E-state index is 0.632. The molecule has 0 saturated carbocycles. The third kappa shape index (κ3) is 5.47. The van der Waals surface area contributed by atoms with Crippen LogP contribution in [0.25, 0.3) is 89.4 Å². The van der Waals surface area contributed by atoms with E-state index in [1.165, 1.54) is 5.39 Å². The molecular formula is C45H29N5. The molecule has 0 atom stereocenters. The molecular weight excluding hydrogens is 611 g/mol. The van der Waals surface area contributed by atoms with Crippen molar-refractivity contribution in [2.24, 2.45) is 0 Å². The highest BCUT2D eigenvalue weighted by molar-refractivity contribution is 6.17. The molecule has 0 amide bonds. The van der Waals surface area contributed by atoms with Crippen LogP contribution in [0.1, 0.15) is 0 Å². The Hall–Kier alpha value is -6.85. The first-order valence-corrected chi connectivity index (χ1v) is 16.6. The van der Waals surface area contributed by atoms with Crippen LogP contribution in [-0.4, -0.2) is 24.9 Å². The van der Waals surface area contributed by atoms with Gasteiger partial charge in [-0.3, -0.25) is 4.98 Å². The number of rotatable bonds is 6. The standard InChI is InChI=1S/C45H29N5/c1-4-11-32(12-5-1)42-39-18-10-17-37(31-25-27-46-28-26-31)41(39)38-24-23-36(29-40(38)47-42)30-19-21-35(22-20-30)45-49-43(33-13-6-2-7-14-33)48-44(50-45)34-15-8-3-9-16-34/h1-29H. The fraction of sp³-hybridized carbons (Fsp3) is 0. The minimum Gasteiger partial charge on any atom is -0.265 e. The summed E-state index contributed by atoms with van der Waals surface area (Å²) < 4.78 is 0. The maximum Gasteiger partial charge on any atom is 0.164 e. The summed E-state index contributed by atoms with van der Waals surface area (Å²) in [5, 5.41) is 3.42. The van der Waals surface area contributed by atoms with Gasteiger partial charge in [-0.05, 0) is 40.5 Å². The van der Waals surface area contributed by atoms with Crippen molar-refractivity contribution in [3.8, 4) is 67.7 Å². The third-order valence-electron chi connectivity index (χ3n) is 9.03. The van der Waals surface area contributed by atoms with Crippen LogP contribution in [0.15, 0.2) is 176 Å². The van der Waals surface area contributed by atoms with Crippen LogP contribution < -0.4 is 0 Å². The van der Waals surface area contributed by atoms with E-state index in [9.17, 15) is 0 Å². The first-order chi connectivity index (χ1) is 24.8. The van der Waals surface area contributed by atoms with Crippen molar-refractivity contribution in [1.82, 2.24) is 24.9 Å². The summed E-state index contributed by atoms with van der Waals surface area (Å²) in [6, 6.07) is 56.2. The van der Waals surface area contributed by atoms with Crippen LogP contribution in [0.3, 0.4) is 0 Å². The lowest BCUT2D eigenvalue weighted by Crippen LogP contribution is -2.00. The molecule has 3 heterocycles. The molecule has 9 aromatic rings. The van der Waals surface area contributed by atoms with Crippen molar-refractivity contribution in [3.05, 3.63) is 176 Å². The second kappa shape index (κ2) is 12.6. The number of hydrogen-bond acceptors (Lipinski definition) is 5. The Morgan fingerprint density at radius 1 is 0.320 bits per heavy atom. The number of benzene rings is 6. The van der Waals surface area contributed by atoms with Gasteiger partial charge in [0.15, 0.2) is 17.5 Å². The van der Waals surface area contributed by atoms with Crippen molar-refractivity contribution in [1.29, 1.82) is 0 Å². The largest absolute Gasteiger partial charge is 0.265 e. The highest BCUT2D eigenvalue weighted by atomic mass is 15.0. The second-order valence-corrected chi connectivity index (χ2v) is 12.1. The van der Waals surface area contributed by atoms with Gasteiger partial charge in [-0.1, -0.05) is 146 Å². The number of nitrogens with zero attached hydrogens (tertiary/aromatic N) is 5. The summed E-state index contributed by atoms with van der Waals surface area (Å²) in [5.41, 5.74) is 10.3. The number of hydrogen-bond donors (Lipinski definition) is 0. The molecule has 0 spiro atoms. The third-order valence-corrected chi connectivity index (χ3v) is 9.03. The van der Waals surface area contributed by atoms with E-state index in [2.05, 4.69) is 102 Å². The molecule has 5 heteroatoms. The Bertz CT molecular complexity index is 2550. The molecule has 0 aliphatic rings. The first kappa shape index (κ1) is 29.3. The summed E-state index contributed by atoms with van der Waals surface area (Å²) in [5.74, 6) is 1.92. The zero-order chi connectivity index (χ0) is 33.3. The Balaban J connectivity index is 1.16. The molecule has 0 aliphatic carbocycles. The lowest BCUT2D eigenvalue weighted by molar-refractivity contribution is 1.07. The average molecular weight is 640 g/mol. The first-order valence-electron chi connectivity index (χ1n) is 16.6. The van der Waals surface area contributed by atoms with Gasteiger partial charge in [0.25, 0.3) is 0 Å². The SMILES string of the molecule is c1ccc(-c2nc(-c3ccccc3)nc(-c3ccc(-c4ccc5c(c4)nc(-c4ccccc4)c4cccc(-c6ccncc6)c45)cc3)n2)cc1. The molecule has 6 aromatic carbocycles. The summed E-state index contributed by atoms with van der Waals surface area (Å²) in [4.78, 5) is 24.2. The second-order valence-electron chi connectivity index (χ2n) is 12.1. The van der Waals surface area contributed by atoms with Crippen LogP contribution in [0, 0.1) is 0 Å². The predicted octanol–water partition coefficient (Wildman–Crippen LogP) is 11.0. The van der Waals surface area contributed by atoms with Gasteiger partial charge in [0, 0.05) is 50.8 Å². The lowest BCUT2D eigenvalue weighted by Gasteiger charge is -2.15. The maximum atomic E-state index is 5.30. The monoisotopic (exact) mass is 639 g/mol. The van der Waals surface area contributed by atoms with E-state index in [1.807, 2.05) is 79.1 Å². The van der Waals surface area contributed by atoms with Gasteiger partial charge in [0.2, 0.25) is 0 Å². The van der Waals surface area contributed by atoms with E-state index < -0.39 is 0 Å². The topological polar surface area (TPSA) is 64.5 Å². The molecule has 0 aliphatic heterocycles. The number of fused-ring (bicyclic) bond motifs is 3. The molecule has 0 bridgehead atoms. The van der Waals surface area contributed by atoms with Gasteiger partial charge in [-0.15, -0.1) is 0 Å². The van der Waals surface area contributed by atoms with E-state index in [4.69, 9.17) is 19.9 Å². The van der Waals surface area contributed by atoms with Crippen molar-refractivity contribution < 1.29 is 0 Å². The molecule has 0 N–H and O–H groups in total. The van der Waals surface area contributed by atoms with Crippen LogP contribution in [0.2, 0.25) is 0 Å². The highest BCUT2D eigenvalue weighted by Crippen LogP contribution is 2.39. The van der Waals surface area contributed by atoms with Crippen LogP contribution in [-0.2, 0) is 0 Å². The smallest absolute Gasteiger partial charge is 0.164 e. The normalized spacial score (nSPS) is 11.2. The van der Waals surface area contributed by atoms with Crippen LogP contribution in [0.4, 0.5) is 0 Å². The zero-order valence-electron chi connectivity index (χ0n) is 27.0. The Labute approximate surface area is 289 Å². The zero-order valence-corrected chi connectivity index (χ0v) is 27.0. The van der Waals surface area contributed by atoms with E-state index in [-0.39, 0.29) is 0 Å². The van der Waals surface area contributed by atoms with Gasteiger partial charge in [-0.25, -0.2) is 19.9 Å². The van der Waals surface area contributed by atoms with Crippen molar-refractivity contribution in [2.45, 2.75) is 0 Å². The van der Waals surface area contributed by atoms with Crippen molar-refractivity contribution in [2.75, 3.05) is 0 Å². The maximum absolute atomic E-state index is 5.30. The van der Waals surface area contributed by atoms with Gasteiger partial charge >= 0.3 is 0 Å². The van der Waals surface area contributed by atoms with Crippen molar-refractivity contribution in [3.63, 3.8) is 0 Å². The van der Waals surface area contributed by atoms with E-state index in [1.54, 1.807) is 0 Å². The molecule has 234 valence electrons. The molecule has 3 aromatic heterocycles. The van der Waals surface area contributed by atoms with Crippen LogP contribution >= 0.6 is 0 Å². The van der Waals surface area contributed by atoms with Crippen molar-refractivity contribution >= 4 is 21.7 Å². The summed E-state index contributed by atoms with van der Waals surface area (Å²) in [6.45, 7) is 0. The fourth-order valence-electron chi connectivity index (χ4n) is 6.57. The molecule has 50 heavy (non-hydrogen) atoms. The number of aromatic nitrogens is 5. The Morgan fingerprint density at radius 3 is 1.44 bits per heavy atom. The Kier molecular flexibility index (Phi) is 7.41. The Morgan fingerprint density at radius 2 is 0.840 bits per heavy atom. The predicted molar refractivity (Wildman–Crippen MR) is 203 cm³/mol. The molecule has 0 radical (unpaired) electrons. The van der Waals surface area contributed by atoms with E-state index in [0.717, 1.165) is 66.5 Å². The van der Waals surface area contributed by atoms with Gasteiger partial charge in [-0.2, -0.15) is 0 Å². The molecule has 0 saturated heterocycles. The van der Waals surface area contributed by atoms with Gasteiger partial charge < -0.3 is 0 Å². The minimum atomic E-state index is 0.632.